The minimum absolute atomic E-state index is 0.0702. The van der Waals surface area contributed by atoms with E-state index in [4.69, 9.17) is 9.47 Å². The summed E-state index contributed by atoms with van der Waals surface area (Å²) in [4.78, 5) is 17.9. The van der Waals surface area contributed by atoms with Gasteiger partial charge in [-0.3, -0.25) is 4.79 Å². The molecule has 3 aromatic carbocycles. The highest BCUT2D eigenvalue weighted by atomic mass is 16.5. The third-order valence-corrected chi connectivity index (χ3v) is 9.85. The number of carbonyl (C=O) groups is 1. The Labute approximate surface area is 249 Å². The SMILES string of the molecule is CCN(CC)CCC(=O)N1C[C@@H]2[C@H](C1)[C@@](O)(c1cc(OC)ccc1OC)[C@H](O)CC2(c1ccccc1)c1ccccc1. The molecular formula is C35H44N2O5. The molecule has 0 bridgehead atoms. The third kappa shape index (κ3) is 5.08. The fourth-order valence-electron chi connectivity index (χ4n) is 7.57. The van der Waals surface area contributed by atoms with Gasteiger partial charge in [-0.05, 0) is 54.8 Å². The lowest BCUT2D eigenvalue weighted by Crippen LogP contribution is -2.60. The molecule has 1 amide bonds. The zero-order valence-corrected chi connectivity index (χ0v) is 25.2. The summed E-state index contributed by atoms with van der Waals surface area (Å²) in [5.74, 6) is 0.468. The summed E-state index contributed by atoms with van der Waals surface area (Å²) in [6, 6.07) is 25.8. The molecule has 2 N–H and O–H groups in total. The topological polar surface area (TPSA) is 82.5 Å². The maximum Gasteiger partial charge on any atom is 0.223 e. The Hall–Kier alpha value is -3.39. The van der Waals surface area contributed by atoms with Crippen molar-refractivity contribution < 1.29 is 24.5 Å². The molecule has 1 saturated carbocycles. The number of likely N-dealkylation sites (tertiary alicyclic amines) is 1. The molecule has 1 heterocycles. The number of nitrogens with zero attached hydrogens (tertiary/aromatic N) is 2. The van der Waals surface area contributed by atoms with Crippen LogP contribution in [0.4, 0.5) is 0 Å². The van der Waals surface area contributed by atoms with Gasteiger partial charge < -0.3 is 29.5 Å². The van der Waals surface area contributed by atoms with E-state index in [2.05, 4.69) is 43.0 Å². The highest BCUT2D eigenvalue weighted by Crippen LogP contribution is 2.60. The third-order valence-electron chi connectivity index (χ3n) is 9.85. The molecule has 0 radical (unpaired) electrons. The molecule has 7 nitrogen and oxygen atoms in total. The number of fused-ring (bicyclic) bond motifs is 1. The lowest BCUT2D eigenvalue weighted by Gasteiger charge is -2.55. The van der Waals surface area contributed by atoms with Gasteiger partial charge in [0.05, 0.1) is 20.3 Å². The van der Waals surface area contributed by atoms with Crippen LogP contribution in [0.2, 0.25) is 0 Å². The number of methoxy groups -OCH3 is 2. The van der Waals surface area contributed by atoms with Crippen LogP contribution in [0.1, 0.15) is 43.4 Å². The van der Waals surface area contributed by atoms with E-state index in [-0.39, 0.29) is 18.2 Å². The van der Waals surface area contributed by atoms with Crippen LogP contribution in [0.25, 0.3) is 0 Å². The van der Waals surface area contributed by atoms with Gasteiger partial charge in [-0.2, -0.15) is 0 Å². The maximum atomic E-state index is 13.8. The summed E-state index contributed by atoms with van der Waals surface area (Å²) in [6.45, 7) is 7.50. The average molecular weight is 573 g/mol. The Kier molecular flexibility index (Phi) is 8.92. The van der Waals surface area contributed by atoms with Crippen LogP contribution in [0.15, 0.2) is 78.9 Å². The van der Waals surface area contributed by atoms with Gasteiger partial charge in [-0.25, -0.2) is 0 Å². The summed E-state index contributed by atoms with van der Waals surface area (Å²) in [7, 11) is 3.15. The van der Waals surface area contributed by atoms with Crippen molar-refractivity contribution in [2.24, 2.45) is 11.8 Å². The Bertz CT molecular complexity index is 1310. The van der Waals surface area contributed by atoms with Crippen LogP contribution in [0.5, 0.6) is 11.5 Å². The smallest absolute Gasteiger partial charge is 0.223 e. The van der Waals surface area contributed by atoms with Crippen molar-refractivity contribution in [2.75, 3.05) is 46.9 Å². The number of hydrogen-bond donors (Lipinski definition) is 2. The maximum absolute atomic E-state index is 13.8. The zero-order chi connectivity index (χ0) is 29.9. The first-order chi connectivity index (χ1) is 20.3. The molecule has 1 aliphatic heterocycles. The molecule has 5 rings (SSSR count). The minimum atomic E-state index is -1.68. The second kappa shape index (κ2) is 12.5. The molecule has 224 valence electrons. The normalized spacial score (nSPS) is 24.8. The molecule has 0 spiro atoms. The van der Waals surface area contributed by atoms with Crippen LogP contribution in [0.3, 0.4) is 0 Å². The number of aliphatic hydroxyl groups excluding tert-OH is 1. The number of hydrogen-bond acceptors (Lipinski definition) is 6. The number of ether oxygens (including phenoxy) is 2. The van der Waals surface area contributed by atoms with Gasteiger partial charge in [0.1, 0.15) is 17.1 Å². The first kappa shape index (κ1) is 30.1. The van der Waals surface area contributed by atoms with Crippen molar-refractivity contribution in [1.82, 2.24) is 9.80 Å². The molecule has 4 atom stereocenters. The van der Waals surface area contributed by atoms with Gasteiger partial charge in [-0.15, -0.1) is 0 Å². The first-order valence-corrected chi connectivity index (χ1v) is 15.1. The Morgan fingerprint density at radius 1 is 0.905 bits per heavy atom. The largest absolute Gasteiger partial charge is 0.497 e. The van der Waals surface area contributed by atoms with Crippen LogP contribution in [-0.2, 0) is 15.8 Å². The summed E-state index contributed by atoms with van der Waals surface area (Å²) < 4.78 is 11.3. The molecule has 2 fully saturated rings. The number of carbonyl (C=O) groups excluding carboxylic acids is 1. The Morgan fingerprint density at radius 3 is 2.05 bits per heavy atom. The Balaban J connectivity index is 1.67. The van der Waals surface area contributed by atoms with E-state index in [1.54, 1.807) is 32.4 Å². The van der Waals surface area contributed by atoms with E-state index in [1.165, 1.54) is 0 Å². The van der Waals surface area contributed by atoms with Crippen molar-refractivity contribution in [3.05, 3.63) is 95.6 Å². The molecule has 1 saturated heterocycles. The van der Waals surface area contributed by atoms with Gasteiger partial charge in [0.2, 0.25) is 5.91 Å². The lowest BCUT2D eigenvalue weighted by atomic mass is 9.51. The van der Waals surface area contributed by atoms with Crippen molar-refractivity contribution in [3.63, 3.8) is 0 Å². The van der Waals surface area contributed by atoms with Gasteiger partial charge in [0, 0.05) is 43.0 Å². The number of aliphatic hydroxyl groups is 2. The molecule has 0 unspecified atom stereocenters. The van der Waals surface area contributed by atoms with E-state index < -0.39 is 23.0 Å². The molecule has 0 aromatic heterocycles. The van der Waals surface area contributed by atoms with Crippen molar-refractivity contribution in [3.8, 4) is 11.5 Å². The van der Waals surface area contributed by atoms with Crippen LogP contribution < -0.4 is 9.47 Å². The minimum Gasteiger partial charge on any atom is -0.497 e. The fraction of sp³-hybridized carbons (Fsp3) is 0.457. The van der Waals surface area contributed by atoms with Crippen LogP contribution in [0, 0.1) is 11.8 Å². The summed E-state index contributed by atoms with van der Waals surface area (Å²) in [6.07, 6.45) is -0.458. The van der Waals surface area contributed by atoms with E-state index >= 15 is 0 Å². The number of benzene rings is 3. The zero-order valence-electron chi connectivity index (χ0n) is 25.2. The molecular weight excluding hydrogens is 528 g/mol. The number of amides is 1. The molecule has 3 aromatic rings. The van der Waals surface area contributed by atoms with Gasteiger partial charge >= 0.3 is 0 Å². The molecule has 1 aliphatic carbocycles. The molecule has 2 aliphatic rings. The fourth-order valence-corrected chi connectivity index (χ4v) is 7.57. The van der Waals surface area contributed by atoms with Gasteiger partial charge in [0.25, 0.3) is 0 Å². The standard InChI is InChI=1S/C35H44N2O5/c1-5-36(6-2)20-19-33(39)37-23-29-30(24-37)35(40,28-21-27(41-3)17-18-31(28)42-4)32(38)22-34(29,25-13-9-7-10-14-25)26-15-11-8-12-16-26/h7-18,21,29-30,32,38,40H,5-6,19-20,22-24H2,1-4H3/t29-,30+,32-,35+/m1/s1. The van der Waals surface area contributed by atoms with E-state index in [9.17, 15) is 15.0 Å². The Morgan fingerprint density at radius 2 is 1.50 bits per heavy atom. The van der Waals surface area contributed by atoms with E-state index in [0.717, 1.165) is 24.2 Å². The second-order valence-corrected chi connectivity index (χ2v) is 11.6. The number of rotatable bonds is 10. The predicted molar refractivity (Wildman–Crippen MR) is 164 cm³/mol. The van der Waals surface area contributed by atoms with Crippen LogP contribution >= 0.6 is 0 Å². The van der Waals surface area contributed by atoms with Gasteiger partial charge in [0.15, 0.2) is 0 Å². The highest BCUT2D eigenvalue weighted by molar-refractivity contribution is 5.77. The average Bonchev–Trinajstić information content (AvgIpc) is 3.51. The highest BCUT2D eigenvalue weighted by Gasteiger charge is 2.65. The van der Waals surface area contributed by atoms with E-state index in [0.29, 0.717) is 43.1 Å². The van der Waals surface area contributed by atoms with Crippen LogP contribution in [-0.4, -0.2) is 79.0 Å². The lowest BCUT2D eigenvalue weighted by molar-refractivity contribution is -0.168. The predicted octanol–water partition coefficient (Wildman–Crippen LogP) is 4.45. The van der Waals surface area contributed by atoms with Gasteiger partial charge in [-0.1, -0.05) is 74.5 Å². The summed E-state index contributed by atoms with van der Waals surface area (Å²) in [5.41, 5.74) is 0.327. The molecule has 42 heavy (non-hydrogen) atoms. The molecule has 7 heteroatoms. The summed E-state index contributed by atoms with van der Waals surface area (Å²) in [5, 5.41) is 25.0. The van der Waals surface area contributed by atoms with Crippen molar-refractivity contribution in [1.29, 1.82) is 0 Å². The quantitative estimate of drug-likeness (QED) is 0.374. The first-order valence-electron chi connectivity index (χ1n) is 15.1. The second-order valence-electron chi connectivity index (χ2n) is 11.6. The van der Waals surface area contributed by atoms with Crippen molar-refractivity contribution >= 4 is 5.91 Å². The van der Waals surface area contributed by atoms with E-state index in [1.807, 2.05) is 41.3 Å². The summed E-state index contributed by atoms with van der Waals surface area (Å²) >= 11 is 0. The monoisotopic (exact) mass is 572 g/mol. The van der Waals surface area contributed by atoms with Crippen molar-refractivity contribution in [2.45, 2.75) is 43.8 Å².